The molecule has 1 heterocycles. The van der Waals surface area contributed by atoms with E-state index in [0.29, 0.717) is 5.56 Å². The molecule has 0 atom stereocenters. The second-order valence-electron chi connectivity index (χ2n) is 6.83. The summed E-state index contributed by atoms with van der Waals surface area (Å²) in [7, 11) is 1.90. The molecule has 0 bridgehead atoms. The van der Waals surface area contributed by atoms with Crippen molar-refractivity contribution in [2.45, 2.75) is 26.2 Å². The van der Waals surface area contributed by atoms with Crippen molar-refractivity contribution in [2.24, 2.45) is 7.05 Å². The van der Waals surface area contributed by atoms with Crippen molar-refractivity contribution >= 4 is 22.5 Å². The molecule has 0 spiro atoms. The zero-order chi connectivity index (χ0) is 16.6. The lowest BCUT2D eigenvalue weighted by atomic mass is 9.86. The molecule has 0 aliphatic carbocycles. The summed E-state index contributed by atoms with van der Waals surface area (Å²) in [6.45, 7) is 6.42. The van der Waals surface area contributed by atoms with Crippen LogP contribution < -0.4 is 5.32 Å². The highest BCUT2D eigenvalue weighted by molar-refractivity contribution is 6.05. The maximum absolute atomic E-state index is 12.5. The minimum atomic E-state index is -0.0978. The first kappa shape index (κ1) is 15.3. The van der Waals surface area contributed by atoms with Crippen LogP contribution in [-0.2, 0) is 12.5 Å². The molecule has 2 aromatic carbocycles. The third kappa shape index (κ3) is 3.11. The molecule has 0 saturated heterocycles. The average Bonchev–Trinajstić information content (AvgIpc) is 2.87. The zero-order valence-electron chi connectivity index (χ0n) is 13.9. The molecule has 0 fully saturated rings. The summed E-state index contributed by atoms with van der Waals surface area (Å²) in [5.74, 6) is -0.0978. The van der Waals surface area contributed by atoms with Gasteiger partial charge in [0.25, 0.3) is 5.91 Å². The third-order valence-corrected chi connectivity index (χ3v) is 3.99. The Bertz CT molecular complexity index is 872. The molecule has 1 N–H and O–H groups in total. The summed E-state index contributed by atoms with van der Waals surface area (Å²) < 4.78 is 1.81. The van der Waals surface area contributed by atoms with Crippen LogP contribution in [0, 0.1) is 0 Å². The fourth-order valence-electron chi connectivity index (χ4n) is 2.57. The van der Waals surface area contributed by atoms with E-state index in [1.165, 1.54) is 0 Å². The Kier molecular flexibility index (Phi) is 3.68. The number of rotatable bonds is 2. The third-order valence-electron chi connectivity index (χ3n) is 3.99. The first-order valence-corrected chi connectivity index (χ1v) is 7.68. The van der Waals surface area contributed by atoms with Crippen LogP contribution in [0.15, 0.2) is 48.7 Å². The molecule has 1 amide bonds. The topological polar surface area (TPSA) is 46.9 Å². The Morgan fingerprint density at radius 3 is 2.65 bits per heavy atom. The van der Waals surface area contributed by atoms with Crippen molar-refractivity contribution < 1.29 is 4.79 Å². The number of amides is 1. The Labute approximate surface area is 136 Å². The molecule has 118 valence electrons. The van der Waals surface area contributed by atoms with Crippen LogP contribution in [0.1, 0.15) is 36.7 Å². The van der Waals surface area contributed by atoms with Crippen molar-refractivity contribution in [1.29, 1.82) is 0 Å². The van der Waals surface area contributed by atoms with Gasteiger partial charge in [-0.15, -0.1) is 0 Å². The Morgan fingerprint density at radius 1 is 1.13 bits per heavy atom. The van der Waals surface area contributed by atoms with E-state index in [-0.39, 0.29) is 11.3 Å². The van der Waals surface area contributed by atoms with Crippen LogP contribution in [0.5, 0.6) is 0 Å². The van der Waals surface area contributed by atoms with Crippen LogP contribution in [0.4, 0.5) is 5.69 Å². The summed E-state index contributed by atoms with van der Waals surface area (Å²) in [5, 5.41) is 8.19. The van der Waals surface area contributed by atoms with Gasteiger partial charge in [-0.05, 0) is 41.3 Å². The lowest BCUT2D eigenvalue weighted by Crippen LogP contribution is -2.15. The van der Waals surface area contributed by atoms with Gasteiger partial charge in [0.1, 0.15) is 0 Å². The summed E-state index contributed by atoms with van der Waals surface area (Å²) >= 11 is 0. The molecule has 4 nitrogen and oxygen atoms in total. The zero-order valence-corrected chi connectivity index (χ0v) is 13.9. The van der Waals surface area contributed by atoms with Crippen molar-refractivity contribution in [3.8, 4) is 0 Å². The quantitative estimate of drug-likeness (QED) is 0.774. The molecule has 3 aromatic rings. The fraction of sp³-hybridized carbons (Fsp3) is 0.263. The number of carbonyl (C=O) groups is 1. The van der Waals surface area contributed by atoms with Crippen LogP contribution in [0.2, 0.25) is 0 Å². The second kappa shape index (κ2) is 5.54. The van der Waals surface area contributed by atoms with Gasteiger partial charge < -0.3 is 5.32 Å². The van der Waals surface area contributed by atoms with E-state index in [0.717, 1.165) is 22.2 Å². The number of anilines is 1. The molecule has 0 radical (unpaired) electrons. The van der Waals surface area contributed by atoms with Gasteiger partial charge in [-0.1, -0.05) is 32.9 Å². The minimum absolute atomic E-state index is 0.0188. The van der Waals surface area contributed by atoms with Crippen LogP contribution in [0.3, 0.4) is 0 Å². The first-order chi connectivity index (χ1) is 10.8. The Morgan fingerprint density at radius 2 is 1.91 bits per heavy atom. The number of hydrogen-bond donors (Lipinski definition) is 1. The number of nitrogens with one attached hydrogen (secondary N) is 1. The van der Waals surface area contributed by atoms with Crippen molar-refractivity contribution in [3.05, 3.63) is 59.8 Å². The number of carbonyl (C=O) groups excluding carboxylic acids is 1. The van der Waals surface area contributed by atoms with Crippen molar-refractivity contribution in [3.63, 3.8) is 0 Å². The maximum Gasteiger partial charge on any atom is 0.255 e. The molecular formula is C19H21N3O. The number of fused-ring (bicyclic) bond motifs is 1. The highest BCUT2D eigenvalue weighted by Crippen LogP contribution is 2.24. The van der Waals surface area contributed by atoms with Gasteiger partial charge in [0.2, 0.25) is 0 Å². The van der Waals surface area contributed by atoms with E-state index in [2.05, 4.69) is 37.3 Å². The van der Waals surface area contributed by atoms with Gasteiger partial charge in [0.05, 0.1) is 11.7 Å². The molecule has 23 heavy (non-hydrogen) atoms. The van der Waals surface area contributed by atoms with Crippen molar-refractivity contribution in [1.82, 2.24) is 9.78 Å². The minimum Gasteiger partial charge on any atom is -0.322 e. The van der Waals surface area contributed by atoms with Crippen LogP contribution >= 0.6 is 0 Å². The lowest BCUT2D eigenvalue weighted by Gasteiger charge is -2.19. The van der Waals surface area contributed by atoms with E-state index in [1.54, 1.807) is 6.20 Å². The van der Waals surface area contributed by atoms with E-state index in [4.69, 9.17) is 0 Å². The fourth-order valence-corrected chi connectivity index (χ4v) is 2.57. The number of nitrogens with zero attached hydrogens (tertiary/aromatic N) is 2. The number of aryl methyl sites for hydroxylation is 1. The highest BCUT2D eigenvalue weighted by atomic mass is 16.1. The highest BCUT2D eigenvalue weighted by Gasteiger charge is 2.15. The van der Waals surface area contributed by atoms with Gasteiger partial charge in [-0.2, -0.15) is 5.10 Å². The maximum atomic E-state index is 12.5. The summed E-state index contributed by atoms with van der Waals surface area (Å²) in [6, 6.07) is 13.6. The van der Waals surface area contributed by atoms with Gasteiger partial charge >= 0.3 is 0 Å². The van der Waals surface area contributed by atoms with Gasteiger partial charge in [0, 0.05) is 23.7 Å². The SMILES string of the molecule is Cn1ncc2cc(NC(=O)c3cccc(C(C)(C)C)c3)ccc21. The number of aromatic nitrogens is 2. The number of hydrogen-bond acceptors (Lipinski definition) is 2. The van der Waals surface area contributed by atoms with Gasteiger partial charge in [-0.3, -0.25) is 9.48 Å². The molecule has 0 saturated carbocycles. The van der Waals surface area contributed by atoms with E-state index in [9.17, 15) is 4.79 Å². The van der Waals surface area contributed by atoms with Crippen LogP contribution in [-0.4, -0.2) is 15.7 Å². The predicted molar refractivity (Wildman–Crippen MR) is 93.8 cm³/mol. The molecular weight excluding hydrogens is 286 g/mol. The second-order valence-corrected chi connectivity index (χ2v) is 6.83. The van der Waals surface area contributed by atoms with Crippen molar-refractivity contribution in [2.75, 3.05) is 5.32 Å². The predicted octanol–water partition coefficient (Wildman–Crippen LogP) is 4.12. The standard InChI is InChI=1S/C19H21N3O/c1-19(2,3)15-7-5-6-13(10-15)18(23)21-16-8-9-17-14(11-16)12-20-22(17)4/h5-12H,1-4H3,(H,21,23). The van der Waals surface area contributed by atoms with Gasteiger partial charge in [-0.25, -0.2) is 0 Å². The molecule has 3 rings (SSSR count). The Hall–Kier alpha value is -2.62. The lowest BCUT2D eigenvalue weighted by molar-refractivity contribution is 0.102. The van der Waals surface area contributed by atoms with Crippen LogP contribution in [0.25, 0.3) is 10.9 Å². The van der Waals surface area contributed by atoms with E-state index >= 15 is 0 Å². The molecule has 1 aromatic heterocycles. The average molecular weight is 307 g/mol. The molecule has 0 aliphatic rings. The Balaban J connectivity index is 1.85. The number of benzene rings is 2. The monoisotopic (exact) mass is 307 g/mol. The largest absolute Gasteiger partial charge is 0.322 e. The van der Waals surface area contributed by atoms with Gasteiger partial charge in [0.15, 0.2) is 0 Å². The van der Waals surface area contributed by atoms with E-state index < -0.39 is 0 Å². The first-order valence-electron chi connectivity index (χ1n) is 7.68. The molecule has 4 heteroatoms. The summed E-state index contributed by atoms with van der Waals surface area (Å²) in [4.78, 5) is 12.5. The summed E-state index contributed by atoms with van der Waals surface area (Å²) in [5.41, 5.74) is 3.65. The van der Waals surface area contributed by atoms with E-state index in [1.807, 2.05) is 48.1 Å². The normalized spacial score (nSPS) is 11.7. The molecule has 0 unspecified atom stereocenters. The molecule has 0 aliphatic heterocycles. The smallest absolute Gasteiger partial charge is 0.255 e. The summed E-state index contributed by atoms with van der Waals surface area (Å²) in [6.07, 6.45) is 1.80.